The first-order valence-electron chi connectivity index (χ1n) is 8.13. The third-order valence-corrected chi connectivity index (χ3v) is 5.14. The van der Waals surface area contributed by atoms with Crippen LogP contribution in [0, 0.1) is 0 Å². The van der Waals surface area contributed by atoms with E-state index >= 15 is 0 Å². The molecule has 0 aromatic carbocycles. The Morgan fingerprint density at radius 3 is 2.92 bits per heavy atom. The molecular formula is C16H24F3IN4OS. The van der Waals surface area contributed by atoms with Gasteiger partial charge in [0.1, 0.15) is 0 Å². The van der Waals surface area contributed by atoms with Gasteiger partial charge in [0.25, 0.3) is 0 Å². The molecule has 5 nitrogen and oxygen atoms in total. The third kappa shape index (κ3) is 7.37. The number of nitrogens with zero attached hydrogens (tertiary/aromatic N) is 3. The second-order valence-corrected chi connectivity index (χ2v) is 7.03. The lowest BCUT2D eigenvalue weighted by molar-refractivity contribution is -0.154. The van der Waals surface area contributed by atoms with Gasteiger partial charge in [-0.1, -0.05) is 13.0 Å². The highest BCUT2D eigenvalue weighted by atomic mass is 127. The van der Waals surface area contributed by atoms with Gasteiger partial charge in [0.2, 0.25) is 5.88 Å². The average Bonchev–Trinajstić information content (AvgIpc) is 2.61. The van der Waals surface area contributed by atoms with E-state index in [1.165, 1.54) is 6.20 Å². The third-order valence-electron chi connectivity index (χ3n) is 3.76. The molecule has 1 aromatic rings. The Morgan fingerprint density at radius 2 is 2.27 bits per heavy atom. The fourth-order valence-electron chi connectivity index (χ4n) is 2.50. The van der Waals surface area contributed by atoms with Crippen molar-refractivity contribution in [1.82, 2.24) is 15.2 Å². The number of rotatable bonds is 5. The van der Waals surface area contributed by atoms with Crippen LogP contribution in [0.15, 0.2) is 23.3 Å². The van der Waals surface area contributed by atoms with E-state index in [2.05, 4.69) is 27.1 Å². The summed E-state index contributed by atoms with van der Waals surface area (Å²) < 4.78 is 41.9. The summed E-state index contributed by atoms with van der Waals surface area (Å²) in [5, 5.41) is 3.77. The number of aliphatic imine (C=N–C) groups is 1. The zero-order valence-corrected chi connectivity index (χ0v) is 17.9. The van der Waals surface area contributed by atoms with Crippen molar-refractivity contribution >= 4 is 41.7 Å². The van der Waals surface area contributed by atoms with E-state index in [4.69, 9.17) is 4.74 Å². The lowest BCUT2D eigenvalue weighted by atomic mass is 10.2. The monoisotopic (exact) mass is 504 g/mol. The van der Waals surface area contributed by atoms with Crippen LogP contribution in [0.1, 0.15) is 18.9 Å². The number of halogens is 4. The molecule has 148 valence electrons. The molecule has 2 rings (SSSR count). The Morgan fingerprint density at radius 1 is 1.50 bits per heavy atom. The van der Waals surface area contributed by atoms with Crippen molar-refractivity contribution in [2.45, 2.75) is 31.3 Å². The first-order chi connectivity index (χ1) is 11.9. The molecule has 1 fully saturated rings. The van der Waals surface area contributed by atoms with Crippen molar-refractivity contribution in [1.29, 1.82) is 0 Å². The summed E-state index contributed by atoms with van der Waals surface area (Å²) in [6, 6.07) is 3.37. The SMILES string of the molecule is CCC1CN(C(=NC)NCc2cccnc2OCC(F)(F)F)CCS1.I. The summed E-state index contributed by atoms with van der Waals surface area (Å²) >= 11 is 1.96. The van der Waals surface area contributed by atoms with Crippen LogP contribution in [0.5, 0.6) is 5.88 Å². The van der Waals surface area contributed by atoms with E-state index in [9.17, 15) is 13.2 Å². The van der Waals surface area contributed by atoms with Gasteiger partial charge in [-0.3, -0.25) is 4.99 Å². The van der Waals surface area contributed by atoms with Crippen LogP contribution in [-0.2, 0) is 6.54 Å². The normalized spacial score (nSPS) is 18.3. The number of alkyl halides is 3. The first kappa shape index (κ1) is 23.1. The predicted octanol–water partition coefficient (Wildman–Crippen LogP) is 3.54. The van der Waals surface area contributed by atoms with Crippen molar-refractivity contribution in [3.05, 3.63) is 23.9 Å². The van der Waals surface area contributed by atoms with Gasteiger partial charge in [-0.15, -0.1) is 24.0 Å². The molecule has 2 heterocycles. The average molecular weight is 504 g/mol. The van der Waals surface area contributed by atoms with E-state index < -0.39 is 12.8 Å². The quantitative estimate of drug-likeness (QED) is 0.378. The molecule has 0 bridgehead atoms. The maximum atomic E-state index is 12.4. The van der Waals surface area contributed by atoms with Crippen molar-refractivity contribution in [3.63, 3.8) is 0 Å². The first-order valence-corrected chi connectivity index (χ1v) is 9.18. The number of hydrogen-bond acceptors (Lipinski definition) is 4. The van der Waals surface area contributed by atoms with E-state index in [1.54, 1.807) is 19.2 Å². The predicted molar refractivity (Wildman–Crippen MR) is 110 cm³/mol. The number of nitrogens with one attached hydrogen (secondary N) is 1. The Balaban J connectivity index is 0.00000338. The smallest absolute Gasteiger partial charge is 0.422 e. The van der Waals surface area contributed by atoms with Gasteiger partial charge in [0.15, 0.2) is 12.6 Å². The lowest BCUT2D eigenvalue weighted by Crippen LogP contribution is -2.47. The van der Waals surface area contributed by atoms with Crippen LogP contribution < -0.4 is 10.1 Å². The standard InChI is InChI=1S/C16H23F3N4OS.HI/c1-3-13-10-23(7-8-25-13)15(20-2)22-9-12-5-4-6-21-14(12)24-11-16(17,18)19;/h4-6,13H,3,7-11H2,1-2H3,(H,20,22);1H. The van der Waals surface area contributed by atoms with Crippen molar-refractivity contribution in [2.24, 2.45) is 4.99 Å². The molecule has 10 heteroatoms. The second-order valence-electron chi connectivity index (χ2n) is 5.62. The zero-order valence-electron chi connectivity index (χ0n) is 14.8. The van der Waals surface area contributed by atoms with Crippen LogP contribution in [0.4, 0.5) is 13.2 Å². The molecule has 1 aliphatic heterocycles. The molecule has 0 aliphatic carbocycles. The summed E-state index contributed by atoms with van der Waals surface area (Å²) in [6.07, 6.45) is -1.88. The van der Waals surface area contributed by atoms with Crippen LogP contribution in [0.3, 0.4) is 0 Å². The Kier molecular flexibility index (Phi) is 9.83. The zero-order chi connectivity index (χ0) is 18.3. The molecule has 1 aromatic heterocycles. The van der Waals surface area contributed by atoms with E-state index in [-0.39, 0.29) is 29.9 Å². The molecule has 0 amide bonds. The molecule has 0 spiro atoms. The van der Waals surface area contributed by atoms with E-state index in [1.807, 2.05) is 11.8 Å². The minimum Gasteiger partial charge on any atom is -0.468 e. The van der Waals surface area contributed by atoms with Gasteiger partial charge in [-0.25, -0.2) is 4.98 Å². The Hall–Kier alpha value is -0.910. The fourth-order valence-corrected chi connectivity index (χ4v) is 3.68. The van der Waals surface area contributed by atoms with E-state index in [0.29, 0.717) is 17.4 Å². The van der Waals surface area contributed by atoms with Crippen LogP contribution in [0.2, 0.25) is 0 Å². The van der Waals surface area contributed by atoms with Crippen molar-refractivity contribution < 1.29 is 17.9 Å². The number of pyridine rings is 1. The minimum atomic E-state index is -4.39. The van der Waals surface area contributed by atoms with Gasteiger partial charge in [-0.2, -0.15) is 24.9 Å². The van der Waals surface area contributed by atoms with Gasteiger partial charge in [-0.05, 0) is 12.5 Å². The van der Waals surface area contributed by atoms with Crippen molar-refractivity contribution in [3.8, 4) is 5.88 Å². The Labute approximate surface area is 173 Å². The van der Waals surface area contributed by atoms with Gasteiger partial charge in [0, 0.05) is 49.4 Å². The topological polar surface area (TPSA) is 49.8 Å². The summed E-state index contributed by atoms with van der Waals surface area (Å²) in [4.78, 5) is 10.4. The summed E-state index contributed by atoms with van der Waals surface area (Å²) in [7, 11) is 1.70. The largest absolute Gasteiger partial charge is 0.468 e. The van der Waals surface area contributed by atoms with Crippen LogP contribution in [-0.4, -0.2) is 59.8 Å². The number of thioether (sulfide) groups is 1. The van der Waals surface area contributed by atoms with Gasteiger partial charge >= 0.3 is 6.18 Å². The molecule has 1 unspecified atom stereocenters. The van der Waals surface area contributed by atoms with Gasteiger partial charge < -0.3 is 15.0 Å². The van der Waals surface area contributed by atoms with Crippen molar-refractivity contribution in [2.75, 3.05) is 32.5 Å². The summed E-state index contributed by atoms with van der Waals surface area (Å²) in [5.41, 5.74) is 0.561. The number of ether oxygens (including phenoxy) is 1. The molecule has 1 saturated heterocycles. The summed E-state index contributed by atoms with van der Waals surface area (Å²) in [6.45, 7) is 2.91. The van der Waals surface area contributed by atoms with Crippen LogP contribution in [0.25, 0.3) is 0 Å². The fraction of sp³-hybridized carbons (Fsp3) is 0.625. The number of guanidine groups is 1. The maximum absolute atomic E-state index is 12.4. The molecule has 1 aliphatic rings. The number of hydrogen-bond donors (Lipinski definition) is 1. The number of aromatic nitrogens is 1. The second kappa shape index (κ2) is 11.1. The van der Waals surface area contributed by atoms with Gasteiger partial charge in [0.05, 0.1) is 0 Å². The highest BCUT2D eigenvalue weighted by molar-refractivity contribution is 14.0. The minimum absolute atomic E-state index is 0. The molecule has 0 radical (unpaired) electrons. The molecule has 1 atom stereocenters. The molecule has 0 saturated carbocycles. The highest BCUT2D eigenvalue weighted by Crippen LogP contribution is 2.22. The lowest BCUT2D eigenvalue weighted by Gasteiger charge is -2.34. The summed E-state index contributed by atoms with van der Waals surface area (Å²) in [5.74, 6) is 1.76. The van der Waals surface area contributed by atoms with Crippen LogP contribution >= 0.6 is 35.7 Å². The maximum Gasteiger partial charge on any atom is 0.422 e. The van der Waals surface area contributed by atoms with E-state index in [0.717, 1.165) is 31.2 Å². The highest BCUT2D eigenvalue weighted by Gasteiger charge is 2.29. The Bertz CT molecular complexity index is 589. The molecule has 26 heavy (non-hydrogen) atoms. The molecule has 1 N–H and O–H groups in total. The molecular weight excluding hydrogens is 480 g/mol.